The molecule has 1 saturated heterocycles. The number of amides is 2. The number of likely N-dealkylation sites (tertiary alicyclic amines) is 1. The molecule has 12 heteroatoms. The van der Waals surface area contributed by atoms with Gasteiger partial charge in [0.2, 0.25) is 0 Å². The third-order valence-corrected chi connectivity index (χ3v) is 4.03. The Bertz CT molecular complexity index is 873. The van der Waals surface area contributed by atoms with Gasteiger partial charge in [0.05, 0.1) is 32.3 Å². The Morgan fingerprint density at radius 2 is 1.97 bits per heavy atom. The van der Waals surface area contributed by atoms with Gasteiger partial charge in [-0.1, -0.05) is 0 Å². The van der Waals surface area contributed by atoms with Crippen molar-refractivity contribution in [3.05, 3.63) is 47.9 Å². The lowest BCUT2D eigenvalue weighted by molar-refractivity contribution is -0.122. The highest BCUT2D eigenvalue weighted by Crippen LogP contribution is 2.17. The molecule has 0 unspecified atom stereocenters. The summed E-state index contributed by atoms with van der Waals surface area (Å²) in [4.78, 5) is 53.3. The van der Waals surface area contributed by atoms with Crippen molar-refractivity contribution in [3.8, 4) is 0 Å². The summed E-state index contributed by atoms with van der Waals surface area (Å²) in [5, 5.41) is 9.53. The Labute approximate surface area is 169 Å². The van der Waals surface area contributed by atoms with Crippen molar-refractivity contribution in [2.24, 2.45) is 0 Å². The number of alkyl halides is 1. The van der Waals surface area contributed by atoms with Crippen LogP contribution in [-0.4, -0.2) is 76.6 Å². The molecule has 0 aliphatic carbocycles. The average Bonchev–Trinajstić information content (AvgIpc) is 3.27. The number of carboxylic acid groups (broad SMARTS) is 1. The first kappa shape index (κ1) is 22.5. The number of hydrogen-bond acceptors (Lipinski definition) is 8. The maximum Gasteiger partial charge on any atom is 0.358 e. The molecule has 1 aliphatic rings. The largest absolute Gasteiger partial charge is 0.483 e. The van der Waals surface area contributed by atoms with Crippen LogP contribution in [-0.2, 0) is 9.53 Å². The predicted octanol–water partition coefficient (Wildman–Crippen LogP) is 0.540. The summed E-state index contributed by atoms with van der Waals surface area (Å²) in [6, 6.07) is 2.47. The second-order valence-corrected chi connectivity index (χ2v) is 6.07. The molecule has 30 heavy (non-hydrogen) atoms. The zero-order valence-corrected chi connectivity index (χ0v) is 15.9. The Hall–Kier alpha value is -3.83. The standard InChI is InChI=1S/C17H17FN4O5.CH2O2/c1-26-17(25)13-7-19-12(6-20-13)15(23)21-11-5-10(18)8-22(9-11)16(24)14-3-2-4-27-14;2-1-3/h2-4,6-7,10-11H,5,8-9H2,1H3,(H,21,23);1H,(H,2,3)/t10-,11+;/m1./s1. The summed E-state index contributed by atoms with van der Waals surface area (Å²) >= 11 is 0. The van der Waals surface area contributed by atoms with Gasteiger partial charge in [0.1, 0.15) is 11.9 Å². The second kappa shape index (κ2) is 10.6. The Morgan fingerprint density at radius 3 is 2.53 bits per heavy atom. The summed E-state index contributed by atoms with van der Waals surface area (Å²) in [5.74, 6) is -1.58. The van der Waals surface area contributed by atoms with Crippen molar-refractivity contribution < 1.29 is 37.8 Å². The molecule has 160 valence electrons. The third-order valence-electron chi connectivity index (χ3n) is 4.03. The number of rotatable bonds is 4. The fourth-order valence-electron chi connectivity index (χ4n) is 2.78. The molecule has 2 atom stereocenters. The molecule has 1 fully saturated rings. The van der Waals surface area contributed by atoms with Crippen molar-refractivity contribution in [1.29, 1.82) is 0 Å². The number of halogens is 1. The molecule has 0 saturated carbocycles. The van der Waals surface area contributed by atoms with Crippen molar-refractivity contribution in [2.75, 3.05) is 20.2 Å². The number of ether oxygens (including phenoxy) is 1. The van der Waals surface area contributed by atoms with Crippen LogP contribution < -0.4 is 5.32 Å². The van der Waals surface area contributed by atoms with E-state index < -0.39 is 30.0 Å². The van der Waals surface area contributed by atoms with Crippen molar-refractivity contribution in [3.63, 3.8) is 0 Å². The highest BCUT2D eigenvalue weighted by molar-refractivity contribution is 5.93. The van der Waals surface area contributed by atoms with Gasteiger partial charge in [-0.15, -0.1) is 0 Å². The van der Waals surface area contributed by atoms with Crippen LogP contribution in [0.2, 0.25) is 0 Å². The van der Waals surface area contributed by atoms with Gasteiger partial charge in [-0.25, -0.2) is 19.2 Å². The van der Waals surface area contributed by atoms with E-state index in [0.29, 0.717) is 0 Å². The molecule has 0 radical (unpaired) electrons. The van der Waals surface area contributed by atoms with Crippen molar-refractivity contribution in [1.82, 2.24) is 20.2 Å². The van der Waals surface area contributed by atoms with E-state index in [1.807, 2.05) is 0 Å². The summed E-state index contributed by atoms with van der Waals surface area (Å²) in [7, 11) is 1.21. The molecule has 1 aliphatic heterocycles. The van der Waals surface area contributed by atoms with E-state index in [2.05, 4.69) is 20.0 Å². The molecule has 3 heterocycles. The highest BCUT2D eigenvalue weighted by atomic mass is 19.1. The zero-order chi connectivity index (χ0) is 22.1. The fourth-order valence-corrected chi connectivity index (χ4v) is 2.78. The first-order chi connectivity index (χ1) is 14.4. The number of carbonyl (C=O) groups excluding carboxylic acids is 3. The van der Waals surface area contributed by atoms with E-state index in [4.69, 9.17) is 14.3 Å². The first-order valence-corrected chi connectivity index (χ1v) is 8.65. The Balaban J connectivity index is 0.00000101. The summed E-state index contributed by atoms with van der Waals surface area (Å²) in [5.41, 5.74) is -0.0710. The van der Waals surface area contributed by atoms with Crippen LogP contribution in [0.3, 0.4) is 0 Å². The van der Waals surface area contributed by atoms with Gasteiger partial charge in [0.15, 0.2) is 11.5 Å². The third kappa shape index (κ3) is 5.83. The Kier molecular flexibility index (Phi) is 7.97. The van der Waals surface area contributed by atoms with E-state index in [9.17, 15) is 18.8 Å². The van der Waals surface area contributed by atoms with Gasteiger partial charge < -0.3 is 24.5 Å². The molecule has 2 amide bonds. The lowest BCUT2D eigenvalue weighted by atomic mass is 10.0. The minimum absolute atomic E-state index is 0.0347. The second-order valence-electron chi connectivity index (χ2n) is 6.07. The smallest absolute Gasteiger partial charge is 0.358 e. The lowest BCUT2D eigenvalue weighted by Gasteiger charge is -2.34. The fraction of sp³-hybridized carbons (Fsp3) is 0.333. The summed E-state index contributed by atoms with van der Waals surface area (Å²) in [6.07, 6.45) is 2.40. The number of nitrogens with one attached hydrogen (secondary N) is 1. The highest BCUT2D eigenvalue weighted by Gasteiger charge is 2.32. The lowest BCUT2D eigenvalue weighted by Crippen LogP contribution is -2.53. The molecule has 3 rings (SSSR count). The van der Waals surface area contributed by atoms with Crippen LogP contribution in [0.15, 0.2) is 35.2 Å². The molecule has 0 aromatic carbocycles. The molecule has 0 spiro atoms. The van der Waals surface area contributed by atoms with Crippen molar-refractivity contribution >= 4 is 24.3 Å². The normalized spacial score (nSPS) is 17.9. The quantitative estimate of drug-likeness (QED) is 0.531. The van der Waals surface area contributed by atoms with E-state index in [-0.39, 0.29) is 43.1 Å². The van der Waals surface area contributed by atoms with E-state index in [1.165, 1.54) is 24.3 Å². The predicted molar refractivity (Wildman–Crippen MR) is 97.4 cm³/mol. The minimum Gasteiger partial charge on any atom is -0.483 e. The topological polar surface area (TPSA) is 152 Å². The molecule has 2 N–H and O–H groups in total. The zero-order valence-electron chi connectivity index (χ0n) is 15.9. The number of furan rings is 1. The van der Waals surface area contributed by atoms with E-state index in [0.717, 1.165) is 12.4 Å². The van der Waals surface area contributed by atoms with Gasteiger partial charge in [-0.3, -0.25) is 14.4 Å². The maximum atomic E-state index is 14.1. The van der Waals surface area contributed by atoms with Gasteiger partial charge in [-0.2, -0.15) is 0 Å². The van der Waals surface area contributed by atoms with Gasteiger partial charge >= 0.3 is 5.97 Å². The van der Waals surface area contributed by atoms with Crippen LogP contribution >= 0.6 is 0 Å². The number of methoxy groups -OCH3 is 1. The van der Waals surface area contributed by atoms with Crippen LogP contribution in [0.5, 0.6) is 0 Å². The number of hydrogen-bond donors (Lipinski definition) is 2. The molecular weight excluding hydrogens is 403 g/mol. The monoisotopic (exact) mass is 422 g/mol. The van der Waals surface area contributed by atoms with E-state index in [1.54, 1.807) is 6.07 Å². The number of esters is 1. The SMILES string of the molecule is COC(=O)c1cnc(C(=O)N[C@H]2C[C@@H](F)CN(C(=O)c3ccco3)C2)cn1.O=CO. The summed E-state index contributed by atoms with van der Waals surface area (Å²) < 4.78 is 23.6. The number of nitrogens with zero attached hydrogens (tertiary/aromatic N) is 3. The average molecular weight is 422 g/mol. The van der Waals surface area contributed by atoms with Crippen LogP contribution in [0, 0.1) is 0 Å². The van der Waals surface area contributed by atoms with Gasteiger partial charge in [0, 0.05) is 19.0 Å². The van der Waals surface area contributed by atoms with Crippen LogP contribution in [0.25, 0.3) is 0 Å². The molecular formula is C18H19FN4O7. The minimum atomic E-state index is -1.28. The maximum absolute atomic E-state index is 14.1. The molecule has 2 aromatic heterocycles. The van der Waals surface area contributed by atoms with Crippen LogP contribution in [0.4, 0.5) is 4.39 Å². The number of carbonyl (C=O) groups is 4. The first-order valence-electron chi connectivity index (χ1n) is 8.65. The number of piperidine rings is 1. The number of aromatic nitrogens is 2. The van der Waals surface area contributed by atoms with E-state index >= 15 is 0 Å². The molecule has 11 nitrogen and oxygen atoms in total. The van der Waals surface area contributed by atoms with Crippen molar-refractivity contribution in [2.45, 2.75) is 18.6 Å². The van der Waals surface area contributed by atoms with Gasteiger partial charge in [-0.05, 0) is 12.1 Å². The summed E-state index contributed by atoms with van der Waals surface area (Å²) in [6.45, 7) is -0.182. The molecule has 0 bridgehead atoms. The molecule has 2 aromatic rings. The Morgan fingerprint density at radius 1 is 1.30 bits per heavy atom. The van der Waals surface area contributed by atoms with Gasteiger partial charge in [0.25, 0.3) is 18.3 Å². The van der Waals surface area contributed by atoms with Crippen LogP contribution in [0.1, 0.15) is 38.0 Å².